The Bertz CT molecular complexity index is 951. The molecule has 3 aromatic rings. The van der Waals surface area contributed by atoms with Crippen LogP contribution in [0.1, 0.15) is 16.1 Å². The van der Waals surface area contributed by atoms with Crippen molar-refractivity contribution in [1.29, 1.82) is 0 Å². The van der Waals surface area contributed by atoms with Crippen molar-refractivity contribution in [2.45, 2.75) is 13.5 Å². The maximum Gasteiger partial charge on any atom is 0.298 e. The highest BCUT2D eigenvalue weighted by Gasteiger charge is 2.15. The van der Waals surface area contributed by atoms with Crippen molar-refractivity contribution in [3.8, 4) is 0 Å². The van der Waals surface area contributed by atoms with Crippen molar-refractivity contribution in [2.75, 3.05) is 13.7 Å². The number of halogens is 1. The number of hydrogen-bond donors (Lipinski definition) is 0. The molecule has 6 nitrogen and oxygen atoms in total. The first kappa shape index (κ1) is 16.9. The molecule has 126 valence electrons. The molecular formula is C16H17ClN4O2S. The third-order valence-corrected chi connectivity index (χ3v) is 4.96. The van der Waals surface area contributed by atoms with Crippen LogP contribution in [-0.4, -0.2) is 34.0 Å². The zero-order chi connectivity index (χ0) is 17.3. The van der Waals surface area contributed by atoms with Crippen molar-refractivity contribution in [3.63, 3.8) is 0 Å². The summed E-state index contributed by atoms with van der Waals surface area (Å²) in [5.74, 6) is -0.309. The van der Waals surface area contributed by atoms with Gasteiger partial charge >= 0.3 is 0 Å². The van der Waals surface area contributed by atoms with Gasteiger partial charge in [0.25, 0.3) is 5.91 Å². The molecule has 0 unspecified atom stereocenters. The first-order chi connectivity index (χ1) is 11.5. The smallest absolute Gasteiger partial charge is 0.298 e. The number of carbonyl (C=O) groups is 1. The van der Waals surface area contributed by atoms with E-state index in [1.807, 2.05) is 29.7 Å². The Morgan fingerprint density at radius 1 is 1.46 bits per heavy atom. The van der Waals surface area contributed by atoms with Crippen LogP contribution in [0.25, 0.3) is 10.2 Å². The van der Waals surface area contributed by atoms with E-state index in [1.54, 1.807) is 25.0 Å². The fraction of sp³-hybridized carbons (Fsp3) is 0.312. The van der Waals surface area contributed by atoms with Gasteiger partial charge in [0.2, 0.25) is 0 Å². The van der Waals surface area contributed by atoms with Gasteiger partial charge in [-0.25, -0.2) is 0 Å². The van der Waals surface area contributed by atoms with Crippen LogP contribution in [0.2, 0.25) is 5.02 Å². The molecule has 8 heteroatoms. The molecule has 0 aliphatic heterocycles. The van der Waals surface area contributed by atoms with Crippen LogP contribution in [0.3, 0.4) is 0 Å². The number of carbonyl (C=O) groups excluding carboxylic acids is 1. The van der Waals surface area contributed by atoms with E-state index in [2.05, 4.69) is 10.1 Å². The number of fused-ring (bicyclic) bond motifs is 1. The van der Waals surface area contributed by atoms with E-state index in [-0.39, 0.29) is 5.91 Å². The van der Waals surface area contributed by atoms with Crippen LogP contribution >= 0.6 is 22.9 Å². The molecular weight excluding hydrogens is 348 g/mol. The molecule has 0 spiro atoms. The highest BCUT2D eigenvalue weighted by atomic mass is 35.5. The molecule has 0 bridgehead atoms. The Hall–Kier alpha value is -1.96. The lowest BCUT2D eigenvalue weighted by molar-refractivity contribution is 0.0988. The third-order valence-electron chi connectivity index (χ3n) is 3.69. The number of rotatable bonds is 4. The van der Waals surface area contributed by atoms with Gasteiger partial charge in [-0.1, -0.05) is 22.9 Å². The maximum atomic E-state index is 12.6. The number of benzene rings is 1. The molecule has 0 atom stereocenters. The summed E-state index contributed by atoms with van der Waals surface area (Å²) in [6.07, 6.45) is 1.66. The maximum absolute atomic E-state index is 12.6. The molecule has 0 saturated carbocycles. The van der Waals surface area contributed by atoms with Crippen molar-refractivity contribution >= 4 is 39.1 Å². The molecule has 0 saturated heterocycles. The number of aromatic nitrogens is 3. The summed E-state index contributed by atoms with van der Waals surface area (Å²) in [5, 5.41) is 4.76. The average Bonchev–Trinajstić information content (AvgIpc) is 3.04. The van der Waals surface area contributed by atoms with Crippen molar-refractivity contribution in [3.05, 3.63) is 45.5 Å². The van der Waals surface area contributed by atoms with Crippen molar-refractivity contribution < 1.29 is 9.53 Å². The summed E-state index contributed by atoms with van der Waals surface area (Å²) in [6, 6.07) is 5.64. The minimum atomic E-state index is -0.309. The van der Waals surface area contributed by atoms with E-state index in [0.29, 0.717) is 28.7 Å². The Morgan fingerprint density at radius 3 is 2.92 bits per heavy atom. The van der Waals surface area contributed by atoms with Crippen LogP contribution in [0.5, 0.6) is 0 Å². The minimum absolute atomic E-state index is 0.309. The first-order valence-corrected chi connectivity index (χ1v) is 8.56. The molecule has 1 aromatic carbocycles. The standard InChI is InChI=1S/C16H17ClN4O2S/c1-10-9-18-20(2)14(10)15(22)19-16-21(6-7-23-3)12-5-4-11(17)8-13(12)24-16/h4-5,8-9H,6-7H2,1-3H3. The summed E-state index contributed by atoms with van der Waals surface area (Å²) in [4.78, 5) is 17.5. The van der Waals surface area contributed by atoms with E-state index in [0.717, 1.165) is 15.8 Å². The van der Waals surface area contributed by atoms with Crippen LogP contribution < -0.4 is 4.80 Å². The van der Waals surface area contributed by atoms with Crippen LogP contribution in [-0.2, 0) is 18.3 Å². The second-order valence-electron chi connectivity index (χ2n) is 5.36. The quantitative estimate of drug-likeness (QED) is 0.715. The molecule has 0 N–H and O–H groups in total. The van der Waals surface area contributed by atoms with Gasteiger partial charge in [0.1, 0.15) is 5.69 Å². The molecule has 0 fully saturated rings. The normalized spacial score (nSPS) is 12.2. The summed E-state index contributed by atoms with van der Waals surface area (Å²) in [7, 11) is 3.38. The van der Waals surface area contributed by atoms with E-state index in [9.17, 15) is 4.79 Å². The van der Waals surface area contributed by atoms with E-state index >= 15 is 0 Å². The Kier molecular flexibility index (Phi) is 4.84. The Labute approximate surface area is 148 Å². The summed E-state index contributed by atoms with van der Waals surface area (Å²) >= 11 is 7.51. The molecule has 0 aliphatic rings. The fourth-order valence-electron chi connectivity index (χ4n) is 2.53. The van der Waals surface area contributed by atoms with Crippen LogP contribution in [0.15, 0.2) is 29.4 Å². The second kappa shape index (κ2) is 6.88. The number of amides is 1. The molecule has 2 aromatic heterocycles. The largest absolute Gasteiger partial charge is 0.383 e. The van der Waals surface area contributed by atoms with Gasteiger partial charge in [-0.15, -0.1) is 0 Å². The number of ether oxygens (including phenoxy) is 1. The zero-order valence-electron chi connectivity index (χ0n) is 13.6. The van der Waals surface area contributed by atoms with E-state index < -0.39 is 0 Å². The topological polar surface area (TPSA) is 61.4 Å². The lowest BCUT2D eigenvalue weighted by Gasteiger charge is -2.04. The van der Waals surface area contributed by atoms with E-state index in [4.69, 9.17) is 16.3 Å². The summed E-state index contributed by atoms with van der Waals surface area (Å²) in [5.41, 5.74) is 2.28. The van der Waals surface area contributed by atoms with Crippen LogP contribution in [0, 0.1) is 6.92 Å². The highest BCUT2D eigenvalue weighted by molar-refractivity contribution is 7.16. The monoisotopic (exact) mass is 364 g/mol. The van der Waals surface area contributed by atoms with Gasteiger partial charge in [0.05, 0.1) is 23.0 Å². The fourth-order valence-corrected chi connectivity index (χ4v) is 3.86. The third kappa shape index (κ3) is 3.15. The van der Waals surface area contributed by atoms with Gasteiger partial charge in [-0.2, -0.15) is 10.1 Å². The lowest BCUT2D eigenvalue weighted by Crippen LogP contribution is -2.20. The molecule has 0 aliphatic carbocycles. The SMILES string of the molecule is COCCn1c(=NC(=O)c2c(C)cnn2C)sc2cc(Cl)ccc21. The second-order valence-corrected chi connectivity index (χ2v) is 6.80. The average molecular weight is 365 g/mol. The van der Waals surface area contributed by atoms with Gasteiger partial charge in [0.15, 0.2) is 4.80 Å². The first-order valence-electron chi connectivity index (χ1n) is 7.36. The Morgan fingerprint density at radius 2 is 2.25 bits per heavy atom. The van der Waals surface area contributed by atoms with Gasteiger partial charge < -0.3 is 9.30 Å². The predicted molar refractivity (Wildman–Crippen MR) is 94.5 cm³/mol. The molecule has 0 radical (unpaired) electrons. The van der Waals surface area contributed by atoms with Gasteiger partial charge in [-0.3, -0.25) is 9.48 Å². The van der Waals surface area contributed by atoms with Crippen LogP contribution in [0.4, 0.5) is 0 Å². The number of methoxy groups -OCH3 is 1. The minimum Gasteiger partial charge on any atom is -0.383 e. The van der Waals surface area contributed by atoms with Crippen molar-refractivity contribution in [2.24, 2.45) is 12.0 Å². The predicted octanol–water partition coefficient (Wildman–Crippen LogP) is 2.79. The van der Waals surface area contributed by atoms with E-state index in [1.165, 1.54) is 11.3 Å². The summed E-state index contributed by atoms with van der Waals surface area (Å²) < 4.78 is 9.68. The number of nitrogens with zero attached hydrogens (tertiary/aromatic N) is 4. The zero-order valence-corrected chi connectivity index (χ0v) is 15.2. The van der Waals surface area contributed by atoms with Crippen molar-refractivity contribution in [1.82, 2.24) is 14.3 Å². The highest BCUT2D eigenvalue weighted by Crippen LogP contribution is 2.22. The number of hydrogen-bond acceptors (Lipinski definition) is 4. The summed E-state index contributed by atoms with van der Waals surface area (Å²) in [6.45, 7) is 2.98. The lowest BCUT2D eigenvalue weighted by atomic mass is 10.3. The number of thiazole rings is 1. The number of aryl methyl sites for hydroxylation is 2. The molecule has 3 rings (SSSR count). The van der Waals surface area contributed by atoms with Gasteiger partial charge in [-0.05, 0) is 25.1 Å². The molecule has 24 heavy (non-hydrogen) atoms. The Balaban J connectivity index is 2.15. The molecule has 2 heterocycles. The van der Waals surface area contributed by atoms with Gasteiger partial charge in [0, 0.05) is 31.3 Å². The molecule has 1 amide bonds.